The molecule has 25 heavy (non-hydrogen) atoms. The maximum Gasteiger partial charge on any atom is 0.411 e. The van der Waals surface area contributed by atoms with E-state index < -0.39 is 6.09 Å². The van der Waals surface area contributed by atoms with Crippen molar-refractivity contribution in [2.75, 3.05) is 17.7 Å². The van der Waals surface area contributed by atoms with Crippen LogP contribution in [0.4, 0.5) is 22.0 Å². The van der Waals surface area contributed by atoms with Crippen molar-refractivity contribution in [3.05, 3.63) is 66.5 Å². The Hall–Kier alpha value is -3.41. The van der Waals surface area contributed by atoms with Crippen molar-refractivity contribution in [2.45, 2.75) is 6.92 Å². The molecule has 0 aliphatic carbocycles. The molecule has 1 amide bonds. The maximum atomic E-state index is 11.3. The lowest BCUT2D eigenvalue weighted by Crippen LogP contribution is -2.10. The zero-order valence-corrected chi connectivity index (χ0v) is 14.0. The lowest BCUT2D eigenvalue weighted by Gasteiger charge is -2.10. The molecular weight excluding hydrogens is 316 g/mol. The van der Waals surface area contributed by atoms with Crippen molar-refractivity contribution in [2.24, 2.45) is 0 Å². The van der Waals surface area contributed by atoms with E-state index in [9.17, 15) is 4.79 Å². The molecule has 0 unspecified atom stereocenters. The molecular formula is C19H18N4O2. The van der Waals surface area contributed by atoms with Gasteiger partial charge in [-0.3, -0.25) is 5.32 Å². The monoisotopic (exact) mass is 334 g/mol. The Balaban J connectivity index is 1.85. The highest BCUT2D eigenvalue weighted by atomic mass is 16.5. The Kier molecular flexibility index (Phi) is 4.89. The minimum atomic E-state index is -0.513. The molecule has 0 saturated carbocycles. The first-order chi connectivity index (χ1) is 12.1. The third-order valence-electron chi connectivity index (χ3n) is 3.47. The highest BCUT2D eigenvalue weighted by molar-refractivity contribution is 5.85. The number of nitrogens with zero attached hydrogens (tertiary/aromatic N) is 2. The second kappa shape index (κ2) is 7.44. The summed E-state index contributed by atoms with van der Waals surface area (Å²) in [5.41, 5.74) is 3.30. The number of aromatic nitrogens is 2. The third kappa shape index (κ3) is 4.32. The molecule has 6 heteroatoms. The number of hydrogen-bond acceptors (Lipinski definition) is 5. The Labute approximate surface area is 145 Å². The smallest absolute Gasteiger partial charge is 0.411 e. The second-order valence-electron chi connectivity index (χ2n) is 5.37. The van der Waals surface area contributed by atoms with E-state index in [1.165, 1.54) is 7.11 Å². The third-order valence-corrected chi connectivity index (χ3v) is 3.47. The predicted octanol–water partition coefficient (Wildman–Crippen LogP) is 4.37. The molecule has 3 aromatic rings. The summed E-state index contributed by atoms with van der Waals surface area (Å²) < 4.78 is 4.60. The van der Waals surface area contributed by atoms with Gasteiger partial charge in [0.05, 0.1) is 12.8 Å². The lowest BCUT2D eigenvalue weighted by molar-refractivity contribution is 0.187. The van der Waals surface area contributed by atoms with Crippen molar-refractivity contribution in [1.82, 2.24) is 9.97 Å². The Morgan fingerprint density at radius 1 is 0.960 bits per heavy atom. The van der Waals surface area contributed by atoms with Crippen LogP contribution in [-0.2, 0) is 4.74 Å². The standard InChI is InChI=1S/C19H18N4O2/c1-13-20-17(14-7-4-3-5-8-14)12-18(21-13)22-15-9-6-10-16(11-15)23-19(24)25-2/h3-12H,1-2H3,(H,23,24)(H,20,21,22). The average molecular weight is 334 g/mol. The molecule has 1 heterocycles. The fraction of sp³-hybridized carbons (Fsp3) is 0.105. The van der Waals surface area contributed by atoms with Gasteiger partial charge in [-0.15, -0.1) is 0 Å². The highest BCUT2D eigenvalue weighted by Crippen LogP contribution is 2.23. The van der Waals surface area contributed by atoms with Crippen molar-refractivity contribution < 1.29 is 9.53 Å². The van der Waals surface area contributed by atoms with Crippen LogP contribution in [0.3, 0.4) is 0 Å². The first-order valence-electron chi connectivity index (χ1n) is 7.77. The summed E-state index contributed by atoms with van der Waals surface area (Å²) in [6.45, 7) is 1.85. The summed E-state index contributed by atoms with van der Waals surface area (Å²) in [6.07, 6.45) is -0.513. The van der Waals surface area contributed by atoms with Gasteiger partial charge in [0.25, 0.3) is 0 Å². The van der Waals surface area contributed by atoms with Crippen LogP contribution in [0.25, 0.3) is 11.3 Å². The normalized spacial score (nSPS) is 10.2. The zero-order valence-electron chi connectivity index (χ0n) is 14.0. The molecule has 6 nitrogen and oxygen atoms in total. The fourth-order valence-corrected chi connectivity index (χ4v) is 2.38. The van der Waals surface area contributed by atoms with Crippen molar-refractivity contribution in [3.8, 4) is 11.3 Å². The van der Waals surface area contributed by atoms with E-state index in [0.717, 1.165) is 16.9 Å². The minimum Gasteiger partial charge on any atom is -0.453 e. The van der Waals surface area contributed by atoms with Crippen LogP contribution in [0.1, 0.15) is 5.82 Å². The zero-order chi connectivity index (χ0) is 17.6. The van der Waals surface area contributed by atoms with E-state index in [2.05, 4.69) is 25.3 Å². The minimum absolute atomic E-state index is 0.513. The Morgan fingerprint density at radius 3 is 2.48 bits per heavy atom. The molecule has 0 aliphatic heterocycles. The second-order valence-corrected chi connectivity index (χ2v) is 5.37. The number of methoxy groups -OCH3 is 1. The number of anilines is 3. The van der Waals surface area contributed by atoms with Crippen LogP contribution >= 0.6 is 0 Å². The van der Waals surface area contributed by atoms with Gasteiger partial charge in [0.15, 0.2) is 0 Å². The molecule has 1 aromatic heterocycles. The fourth-order valence-electron chi connectivity index (χ4n) is 2.38. The topological polar surface area (TPSA) is 76.1 Å². The van der Waals surface area contributed by atoms with Crippen molar-refractivity contribution in [3.63, 3.8) is 0 Å². The lowest BCUT2D eigenvalue weighted by atomic mass is 10.1. The summed E-state index contributed by atoms with van der Waals surface area (Å²) in [5.74, 6) is 1.36. The van der Waals surface area contributed by atoms with Gasteiger partial charge in [0.2, 0.25) is 0 Å². The first-order valence-corrected chi connectivity index (χ1v) is 7.77. The summed E-state index contributed by atoms with van der Waals surface area (Å²) in [4.78, 5) is 20.2. The molecule has 2 aromatic carbocycles. The predicted molar refractivity (Wildman–Crippen MR) is 98.0 cm³/mol. The van der Waals surface area contributed by atoms with Crippen LogP contribution < -0.4 is 10.6 Å². The number of hydrogen-bond donors (Lipinski definition) is 2. The molecule has 3 rings (SSSR count). The molecule has 0 fully saturated rings. The van der Waals surface area contributed by atoms with Gasteiger partial charge in [0, 0.05) is 23.0 Å². The average Bonchev–Trinajstić information content (AvgIpc) is 2.62. The number of ether oxygens (including phenoxy) is 1. The number of carbonyl (C=O) groups is 1. The number of nitrogens with one attached hydrogen (secondary N) is 2. The van der Waals surface area contributed by atoms with Crippen LogP contribution in [0.5, 0.6) is 0 Å². The molecule has 0 spiro atoms. The summed E-state index contributed by atoms with van der Waals surface area (Å²) in [7, 11) is 1.33. The van der Waals surface area contributed by atoms with Crippen LogP contribution in [0.15, 0.2) is 60.7 Å². The molecule has 126 valence electrons. The van der Waals surface area contributed by atoms with E-state index in [4.69, 9.17) is 0 Å². The molecule has 0 radical (unpaired) electrons. The largest absolute Gasteiger partial charge is 0.453 e. The van der Waals surface area contributed by atoms with Gasteiger partial charge in [-0.25, -0.2) is 14.8 Å². The number of carbonyl (C=O) groups excluding carboxylic acids is 1. The Morgan fingerprint density at radius 2 is 1.72 bits per heavy atom. The molecule has 2 N–H and O–H groups in total. The van der Waals surface area contributed by atoms with E-state index >= 15 is 0 Å². The van der Waals surface area contributed by atoms with Crippen LogP contribution in [0, 0.1) is 6.92 Å². The van der Waals surface area contributed by atoms with Crippen molar-refractivity contribution >= 4 is 23.3 Å². The van der Waals surface area contributed by atoms with E-state index in [-0.39, 0.29) is 0 Å². The summed E-state index contributed by atoms with van der Waals surface area (Å²) in [6, 6.07) is 19.1. The van der Waals surface area contributed by atoms with Crippen molar-refractivity contribution in [1.29, 1.82) is 0 Å². The van der Waals surface area contributed by atoms with Crippen LogP contribution in [0.2, 0.25) is 0 Å². The highest BCUT2D eigenvalue weighted by Gasteiger charge is 2.06. The summed E-state index contributed by atoms with van der Waals surface area (Å²) >= 11 is 0. The maximum absolute atomic E-state index is 11.3. The van der Waals surface area contributed by atoms with Gasteiger partial charge in [0.1, 0.15) is 11.6 Å². The Bertz CT molecular complexity index is 882. The van der Waals surface area contributed by atoms with E-state index in [1.54, 1.807) is 12.1 Å². The SMILES string of the molecule is COC(=O)Nc1cccc(Nc2cc(-c3ccccc3)nc(C)n2)c1. The molecule has 0 atom stereocenters. The quantitative estimate of drug-likeness (QED) is 0.741. The summed E-state index contributed by atoms with van der Waals surface area (Å²) in [5, 5.41) is 5.88. The molecule has 0 bridgehead atoms. The van der Waals surface area contributed by atoms with Gasteiger partial charge in [-0.05, 0) is 25.1 Å². The van der Waals surface area contributed by atoms with Gasteiger partial charge in [-0.2, -0.15) is 0 Å². The van der Waals surface area contributed by atoms with Gasteiger partial charge < -0.3 is 10.1 Å². The first kappa shape index (κ1) is 16.4. The molecule has 0 saturated heterocycles. The van der Waals surface area contributed by atoms with Crippen LogP contribution in [-0.4, -0.2) is 23.2 Å². The number of rotatable bonds is 4. The van der Waals surface area contributed by atoms with E-state index in [0.29, 0.717) is 17.3 Å². The van der Waals surface area contributed by atoms with Gasteiger partial charge in [-0.1, -0.05) is 36.4 Å². The molecule has 0 aliphatic rings. The van der Waals surface area contributed by atoms with Gasteiger partial charge >= 0.3 is 6.09 Å². The van der Waals surface area contributed by atoms with E-state index in [1.807, 2.05) is 55.5 Å². The number of amides is 1. The number of aryl methyl sites for hydroxylation is 1. The number of benzene rings is 2.